The molecular formula is C25H26N6O3. The molecule has 0 aliphatic rings. The van der Waals surface area contributed by atoms with E-state index in [2.05, 4.69) is 29.5 Å². The Bertz CT molecular complexity index is 1460. The number of hydrogen-bond acceptors (Lipinski definition) is 6. The molecule has 34 heavy (non-hydrogen) atoms. The third kappa shape index (κ3) is 4.19. The number of nitrogens with one attached hydrogen (secondary N) is 1. The van der Waals surface area contributed by atoms with Crippen molar-refractivity contribution in [3.63, 3.8) is 0 Å². The Balaban J connectivity index is 1.74. The minimum atomic E-state index is -0.494. The van der Waals surface area contributed by atoms with Crippen LogP contribution in [-0.4, -0.2) is 39.7 Å². The first-order valence-electron chi connectivity index (χ1n) is 10.8. The van der Waals surface area contributed by atoms with Gasteiger partial charge in [0.05, 0.1) is 16.1 Å². The fraction of sp³-hybridized carbons (Fsp3) is 0.240. The number of benzene rings is 2. The van der Waals surface area contributed by atoms with Gasteiger partial charge in [0.25, 0.3) is 11.6 Å². The van der Waals surface area contributed by atoms with E-state index in [0.29, 0.717) is 23.0 Å². The number of aryl methyl sites for hydroxylation is 4. The molecule has 174 valence electrons. The maximum atomic E-state index is 13.0. The molecule has 9 nitrogen and oxygen atoms in total. The van der Waals surface area contributed by atoms with Gasteiger partial charge in [-0.1, -0.05) is 11.6 Å². The number of amides is 1. The molecule has 0 aliphatic heterocycles. The van der Waals surface area contributed by atoms with Crippen molar-refractivity contribution in [1.82, 2.24) is 14.8 Å². The van der Waals surface area contributed by atoms with Crippen LogP contribution < -0.4 is 10.2 Å². The number of nitro benzene ring substituents is 1. The smallest absolute Gasteiger partial charge is 0.293 e. The molecule has 1 amide bonds. The van der Waals surface area contributed by atoms with Gasteiger partial charge in [0.15, 0.2) is 5.82 Å². The van der Waals surface area contributed by atoms with Gasteiger partial charge in [0, 0.05) is 37.2 Å². The van der Waals surface area contributed by atoms with Crippen LogP contribution in [0.3, 0.4) is 0 Å². The first-order chi connectivity index (χ1) is 16.0. The Morgan fingerprint density at radius 2 is 1.76 bits per heavy atom. The highest BCUT2D eigenvalue weighted by atomic mass is 16.6. The Hall–Kier alpha value is -4.27. The molecule has 2 aromatic carbocycles. The molecule has 0 aliphatic carbocycles. The summed E-state index contributed by atoms with van der Waals surface area (Å²) < 4.78 is 1.58. The van der Waals surface area contributed by atoms with Gasteiger partial charge in [-0.3, -0.25) is 14.9 Å². The van der Waals surface area contributed by atoms with Crippen molar-refractivity contribution in [2.24, 2.45) is 0 Å². The zero-order chi connectivity index (χ0) is 24.7. The lowest BCUT2D eigenvalue weighted by Gasteiger charge is -2.14. The van der Waals surface area contributed by atoms with E-state index in [-0.39, 0.29) is 11.3 Å². The van der Waals surface area contributed by atoms with Crippen LogP contribution in [0.25, 0.3) is 16.7 Å². The van der Waals surface area contributed by atoms with Crippen molar-refractivity contribution in [3.05, 3.63) is 80.5 Å². The summed E-state index contributed by atoms with van der Waals surface area (Å²) in [4.78, 5) is 30.5. The van der Waals surface area contributed by atoms with Crippen LogP contribution in [-0.2, 0) is 0 Å². The SMILES string of the molecule is Cc1cc(C)c2nc(-n3nc(C)cc3NC(=O)c3ccc(N(C)C)c([N+](=O)[O-])c3)cc(C)c2c1. The normalized spacial score (nSPS) is 11.0. The largest absolute Gasteiger partial charge is 0.372 e. The summed E-state index contributed by atoms with van der Waals surface area (Å²) in [7, 11) is 3.43. The number of fused-ring (bicyclic) bond motifs is 1. The number of carbonyl (C=O) groups excluding carboxylic acids is 1. The Morgan fingerprint density at radius 1 is 1.03 bits per heavy atom. The summed E-state index contributed by atoms with van der Waals surface area (Å²) in [5, 5.41) is 20.0. The number of rotatable bonds is 5. The van der Waals surface area contributed by atoms with Gasteiger partial charge in [-0.05, 0) is 63.1 Å². The minimum absolute atomic E-state index is 0.139. The number of anilines is 2. The molecule has 0 saturated carbocycles. The summed E-state index contributed by atoms with van der Waals surface area (Å²) in [6.45, 7) is 7.92. The lowest BCUT2D eigenvalue weighted by molar-refractivity contribution is -0.384. The van der Waals surface area contributed by atoms with E-state index in [4.69, 9.17) is 4.98 Å². The Morgan fingerprint density at radius 3 is 2.44 bits per heavy atom. The van der Waals surface area contributed by atoms with E-state index < -0.39 is 10.8 Å². The fourth-order valence-corrected chi connectivity index (χ4v) is 4.08. The lowest BCUT2D eigenvalue weighted by Crippen LogP contribution is -2.17. The average Bonchev–Trinajstić information content (AvgIpc) is 3.13. The lowest BCUT2D eigenvalue weighted by atomic mass is 10.0. The van der Waals surface area contributed by atoms with Gasteiger partial charge in [-0.2, -0.15) is 9.78 Å². The first kappa shape index (κ1) is 22.9. The number of pyridine rings is 1. The maximum absolute atomic E-state index is 13.0. The first-order valence-corrected chi connectivity index (χ1v) is 10.8. The molecule has 2 aromatic heterocycles. The van der Waals surface area contributed by atoms with Crippen LogP contribution in [0.5, 0.6) is 0 Å². The van der Waals surface area contributed by atoms with Crippen molar-refractivity contribution in [2.45, 2.75) is 27.7 Å². The standard InChI is InChI=1S/C25H26N6O3/c1-14-9-16(3)24-19(10-14)15(2)11-22(26-24)30-23(12-17(4)28-30)27-25(32)18-7-8-20(29(5)6)21(13-18)31(33)34/h7-13H,1-6H3,(H,27,32). The molecule has 4 rings (SSSR count). The van der Waals surface area contributed by atoms with E-state index in [1.54, 1.807) is 41.9 Å². The fourth-order valence-electron chi connectivity index (χ4n) is 4.08. The number of nitro groups is 1. The van der Waals surface area contributed by atoms with Crippen molar-refractivity contribution >= 4 is 34.0 Å². The third-order valence-electron chi connectivity index (χ3n) is 5.65. The molecule has 9 heteroatoms. The Kier molecular flexibility index (Phi) is 5.78. The highest BCUT2D eigenvalue weighted by molar-refractivity contribution is 6.05. The van der Waals surface area contributed by atoms with E-state index in [1.165, 1.54) is 11.6 Å². The molecule has 2 heterocycles. The number of nitrogens with zero attached hydrogens (tertiary/aromatic N) is 5. The second kappa shape index (κ2) is 8.58. The van der Waals surface area contributed by atoms with Crippen LogP contribution in [0.2, 0.25) is 0 Å². The van der Waals surface area contributed by atoms with Crippen LogP contribution >= 0.6 is 0 Å². The van der Waals surface area contributed by atoms with E-state index in [9.17, 15) is 14.9 Å². The van der Waals surface area contributed by atoms with Crippen molar-refractivity contribution in [2.75, 3.05) is 24.3 Å². The van der Waals surface area contributed by atoms with Gasteiger partial charge in [-0.15, -0.1) is 0 Å². The number of hydrogen-bond donors (Lipinski definition) is 1. The average molecular weight is 459 g/mol. The summed E-state index contributed by atoms with van der Waals surface area (Å²) in [5.41, 5.74) is 5.31. The van der Waals surface area contributed by atoms with Crippen molar-refractivity contribution in [3.8, 4) is 5.82 Å². The van der Waals surface area contributed by atoms with Crippen LogP contribution in [0, 0.1) is 37.8 Å². The second-order valence-corrected chi connectivity index (χ2v) is 8.67. The highest BCUT2D eigenvalue weighted by Gasteiger charge is 2.20. The molecule has 1 N–H and O–H groups in total. The predicted molar refractivity (Wildman–Crippen MR) is 133 cm³/mol. The van der Waals surface area contributed by atoms with E-state index >= 15 is 0 Å². The molecule has 0 radical (unpaired) electrons. The van der Waals surface area contributed by atoms with Gasteiger partial charge in [0.1, 0.15) is 11.5 Å². The van der Waals surface area contributed by atoms with E-state index in [0.717, 1.165) is 22.0 Å². The van der Waals surface area contributed by atoms with Gasteiger partial charge in [-0.25, -0.2) is 4.98 Å². The summed E-state index contributed by atoms with van der Waals surface area (Å²) in [6, 6.07) is 12.3. The molecule has 0 saturated heterocycles. The Labute approximate surface area is 197 Å². The maximum Gasteiger partial charge on any atom is 0.293 e. The van der Waals surface area contributed by atoms with Gasteiger partial charge < -0.3 is 10.2 Å². The molecule has 0 spiro atoms. The molecule has 0 bridgehead atoms. The molecular weight excluding hydrogens is 432 g/mol. The van der Waals surface area contributed by atoms with Crippen LogP contribution in [0.4, 0.5) is 17.2 Å². The minimum Gasteiger partial charge on any atom is -0.372 e. The van der Waals surface area contributed by atoms with E-state index in [1.807, 2.05) is 26.8 Å². The topological polar surface area (TPSA) is 106 Å². The molecule has 0 atom stereocenters. The monoisotopic (exact) mass is 458 g/mol. The summed E-state index contributed by atoms with van der Waals surface area (Å²) in [5.74, 6) is 0.533. The highest BCUT2D eigenvalue weighted by Crippen LogP contribution is 2.29. The summed E-state index contributed by atoms with van der Waals surface area (Å²) >= 11 is 0. The van der Waals surface area contributed by atoms with Crippen LogP contribution in [0.15, 0.2) is 42.5 Å². The third-order valence-corrected chi connectivity index (χ3v) is 5.65. The second-order valence-electron chi connectivity index (χ2n) is 8.67. The quantitative estimate of drug-likeness (QED) is 0.337. The van der Waals surface area contributed by atoms with Gasteiger partial charge in [0.2, 0.25) is 0 Å². The molecule has 0 fully saturated rings. The van der Waals surface area contributed by atoms with Crippen molar-refractivity contribution < 1.29 is 9.72 Å². The zero-order valence-corrected chi connectivity index (χ0v) is 20.0. The summed E-state index contributed by atoms with van der Waals surface area (Å²) in [6.07, 6.45) is 0. The zero-order valence-electron chi connectivity index (χ0n) is 20.0. The molecule has 0 unspecified atom stereocenters. The molecule has 4 aromatic rings. The predicted octanol–water partition coefficient (Wildman–Crippen LogP) is 4.88. The number of aromatic nitrogens is 3. The van der Waals surface area contributed by atoms with Gasteiger partial charge >= 0.3 is 0 Å². The number of carbonyl (C=O) groups is 1. The van der Waals surface area contributed by atoms with Crippen molar-refractivity contribution in [1.29, 1.82) is 0 Å². The van der Waals surface area contributed by atoms with Crippen LogP contribution in [0.1, 0.15) is 32.7 Å².